The molecule has 0 bridgehead atoms. The Hall–Kier alpha value is -1.39. The maximum absolute atomic E-state index is 10.6. The van der Waals surface area contributed by atoms with E-state index < -0.39 is 12.1 Å². The Kier molecular flexibility index (Phi) is 15.0. The normalized spacial score (nSPS) is 13.5. The highest BCUT2D eigenvalue weighted by Gasteiger charge is 2.16. The van der Waals surface area contributed by atoms with Crippen molar-refractivity contribution in [2.24, 2.45) is 0 Å². The summed E-state index contributed by atoms with van der Waals surface area (Å²) in [5, 5.41) is 17.1. The van der Waals surface area contributed by atoms with Crippen LogP contribution in [0.15, 0.2) is 36.5 Å². The van der Waals surface area contributed by atoms with Gasteiger partial charge in [-0.25, -0.2) is 9.68 Å². The second-order valence-electron chi connectivity index (χ2n) is 5.24. The number of carboxylic acids is 1. The smallest absolute Gasteiger partial charge is 0.336 e. The SMILES string of the molecule is CC/C=C/CC/C=C/C=C/CCCCCCC(OO)C(=O)O. The fourth-order valence-electron chi connectivity index (χ4n) is 1.99. The van der Waals surface area contributed by atoms with E-state index in [2.05, 4.69) is 48.3 Å². The molecular formula is C18H30O4. The van der Waals surface area contributed by atoms with Crippen LogP contribution in [-0.2, 0) is 9.68 Å². The lowest BCUT2D eigenvalue weighted by atomic mass is 10.1. The number of carbonyl (C=O) groups is 1. The highest BCUT2D eigenvalue weighted by atomic mass is 17.1. The first-order valence-corrected chi connectivity index (χ1v) is 8.22. The summed E-state index contributed by atoms with van der Waals surface area (Å²) in [4.78, 5) is 14.5. The fourth-order valence-corrected chi connectivity index (χ4v) is 1.99. The molecule has 4 nitrogen and oxygen atoms in total. The Bertz CT molecular complexity index is 345. The van der Waals surface area contributed by atoms with Crippen molar-refractivity contribution in [3.8, 4) is 0 Å². The summed E-state index contributed by atoms with van der Waals surface area (Å²) in [5.41, 5.74) is 0. The Morgan fingerprint density at radius 1 is 0.955 bits per heavy atom. The van der Waals surface area contributed by atoms with E-state index in [4.69, 9.17) is 10.4 Å². The van der Waals surface area contributed by atoms with Gasteiger partial charge in [-0.2, -0.15) is 0 Å². The van der Waals surface area contributed by atoms with Crippen LogP contribution >= 0.6 is 0 Å². The van der Waals surface area contributed by atoms with Crippen LogP contribution in [0, 0.1) is 0 Å². The molecule has 4 heteroatoms. The molecule has 0 aromatic carbocycles. The molecule has 126 valence electrons. The number of rotatable bonds is 14. The Morgan fingerprint density at radius 2 is 1.59 bits per heavy atom. The van der Waals surface area contributed by atoms with E-state index in [9.17, 15) is 4.79 Å². The van der Waals surface area contributed by atoms with Crippen molar-refractivity contribution in [3.63, 3.8) is 0 Å². The third-order valence-corrected chi connectivity index (χ3v) is 3.28. The van der Waals surface area contributed by atoms with Gasteiger partial charge in [-0.3, -0.25) is 5.26 Å². The molecule has 0 saturated heterocycles. The zero-order valence-electron chi connectivity index (χ0n) is 13.6. The largest absolute Gasteiger partial charge is 0.479 e. The number of unbranched alkanes of at least 4 members (excludes halogenated alkanes) is 5. The maximum atomic E-state index is 10.6. The van der Waals surface area contributed by atoms with Gasteiger partial charge in [-0.05, 0) is 38.5 Å². The van der Waals surface area contributed by atoms with Gasteiger partial charge < -0.3 is 5.11 Å². The highest BCUT2D eigenvalue weighted by molar-refractivity contribution is 5.72. The third kappa shape index (κ3) is 13.6. The summed E-state index contributed by atoms with van der Waals surface area (Å²) >= 11 is 0. The number of hydrogen-bond donors (Lipinski definition) is 2. The lowest BCUT2D eigenvalue weighted by Crippen LogP contribution is -2.22. The van der Waals surface area contributed by atoms with Crippen LogP contribution in [0.2, 0.25) is 0 Å². The molecule has 0 amide bonds. The molecule has 0 spiro atoms. The van der Waals surface area contributed by atoms with Gasteiger partial charge >= 0.3 is 5.97 Å². The second-order valence-corrected chi connectivity index (χ2v) is 5.24. The third-order valence-electron chi connectivity index (χ3n) is 3.28. The van der Waals surface area contributed by atoms with E-state index in [1.807, 2.05) is 0 Å². The average Bonchev–Trinajstić information content (AvgIpc) is 2.51. The number of hydrogen-bond acceptors (Lipinski definition) is 3. The van der Waals surface area contributed by atoms with Crippen LogP contribution in [0.25, 0.3) is 0 Å². The number of aliphatic carboxylic acids is 1. The van der Waals surface area contributed by atoms with E-state index in [0.29, 0.717) is 6.42 Å². The summed E-state index contributed by atoms with van der Waals surface area (Å²) in [7, 11) is 0. The van der Waals surface area contributed by atoms with Crippen molar-refractivity contribution in [1.29, 1.82) is 0 Å². The summed E-state index contributed by atoms with van der Waals surface area (Å²) in [6.07, 6.45) is 20.4. The minimum atomic E-state index is -1.11. The molecule has 0 aliphatic carbocycles. The quantitative estimate of drug-likeness (QED) is 0.153. The second kappa shape index (κ2) is 16.0. The van der Waals surface area contributed by atoms with Crippen molar-refractivity contribution in [3.05, 3.63) is 36.5 Å². The molecule has 0 aliphatic heterocycles. The molecule has 0 radical (unpaired) electrons. The van der Waals surface area contributed by atoms with Crippen molar-refractivity contribution in [1.82, 2.24) is 0 Å². The van der Waals surface area contributed by atoms with E-state index >= 15 is 0 Å². The molecule has 0 rings (SSSR count). The first-order chi connectivity index (χ1) is 10.7. The first-order valence-electron chi connectivity index (χ1n) is 8.22. The van der Waals surface area contributed by atoms with Gasteiger partial charge in [-0.15, -0.1) is 0 Å². The van der Waals surface area contributed by atoms with Crippen LogP contribution < -0.4 is 0 Å². The van der Waals surface area contributed by atoms with Gasteiger partial charge in [0, 0.05) is 0 Å². The highest BCUT2D eigenvalue weighted by Crippen LogP contribution is 2.09. The average molecular weight is 310 g/mol. The van der Waals surface area contributed by atoms with Crippen LogP contribution in [0.1, 0.15) is 64.7 Å². The molecule has 0 aromatic heterocycles. The molecule has 0 aromatic rings. The van der Waals surface area contributed by atoms with Crippen LogP contribution in [-0.4, -0.2) is 22.4 Å². The molecule has 0 aliphatic rings. The van der Waals surface area contributed by atoms with E-state index in [1.165, 1.54) is 0 Å². The van der Waals surface area contributed by atoms with Crippen molar-refractivity contribution in [2.75, 3.05) is 0 Å². The topological polar surface area (TPSA) is 66.8 Å². The van der Waals surface area contributed by atoms with Gasteiger partial charge in [0.15, 0.2) is 6.10 Å². The molecule has 2 N–H and O–H groups in total. The Morgan fingerprint density at radius 3 is 2.23 bits per heavy atom. The van der Waals surface area contributed by atoms with Crippen molar-refractivity contribution in [2.45, 2.75) is 70.8 Å². The van der Waals surface area contributed by atoms with Crippen LogP contribution in [0.5, 0.6) is 0 Å². The molecule has 22 heavy (non-hydrogen) atoms. The monoisotopic (exact) mass is 310 g/mol. The summed E-state index contributed by atoms with van der Waals surface area (Å²) in [6.45, 7) is 2.14. The molecule has 0 fully saturated rings. The van der Waals surface area contributed by atoms with E-state index in [1.54, 1.807) is 0 Å². The predicted octanol–water partition coefficient (Wildman–Crippen LogP) is 5.13. The van der Waals surface area contributed by atoms with Gasteiger partial charge in [0.1, 0.15) is 0 Å². The lowest BCUT2D eigenvalue weighted by molar-refractivity contribution is -0.277. The van der Waals surface area contributed by atoms with Crippen LogP contribution in [0.3, 0.4) is 0 Å². The van der Waals surface area contributed by atoms with Crippen molar-refractivity contribution >= 4 is 5.97 Å². The molecule has 1 unspecified atom stereocenters. The van der Waals surface area contributed by atoms with Gasteiger partial charge in [0.25, 0.3) is 0 Å². The summed E-state index contributed by atoms with van der Waals surface area (Å²) in [5.74, 6) is -1.11. The zero-order valence-corrected chi connectivity index (χ0v) is 13.6. The van der Waals surface area contributed by atoms with Gasteiger partial charge in [-0.1, -0.05) is 62.6 Å². The summed E-state index contributed by atoms with van der Waals surface area (Å²) < 4.78 is 0. The zero-order chi connectivity index (χ0) is 16.5. The number of allylic oxidation sites excluding steroid dienone is 6. The molecule has 1 atom stereocenters. The molecular weight excluding hydrogens is 280 g/mol. The maximum Gasteiger partial charge on any atom is 0.336 e. The predicted molar refractivity (Wildman–Crippen MR) is 89.8 cm³/mol. The molecule has 0 saturated carbocycles. The van der Waals surface area contributed by atoms with Gasteiger partial charge in [0.2, 0.25) is 0 Å². The molecule has 0 heterocycles. The Labute approximate surface area is 134 Å². The minimum absolute atomic E-state index is 0.358. The van der Waals surface area contributed by atoms with Crippen LogP contribution in [0.4, 0.5) is 0 Å². The van der Waals surface area contributed by atoms with Crippen molar-refractivity contribution < 1.29 is 20.0 Å². The van der Waals surface area contributed by atoms with E-state index in [-0.39, 0.29) is 0 Å². The van der Waals surface area contributed by atoms with E-state index in [0.717, 1.165) is 51.4 Å². The van der Waals surface area contributed by atoms with Gasteiger partial charge in [0.05, 0.1) is 0 Å². The summed E-state index contributed by atoms with van der Waals surface area (Å²) in [6, 6.07) is 0. The minimum Gasteiger partial charge on any atom is -0.479 e. The fraction of sp³-hybridized carbons (Fsp3) is 0.611. The standard InChI is InChI=1S/C18H30O4/c1-2-3-4-5-6-7-8-9-10-11-12-13-14-15-16-17(22-21)18(19)20/h3-4,7-10,17,21H,2,5-6,11-16H2,1H3,(H,19,20)/b4-3+,8-7+,10-9+. The Balaban J connectivity index is 3.42. The first kappa shape index (κ1) is 20.6. The number of carboxylic acid groups (broad SMARTS) is 1. The lowest BCUT2D eigenvalue weighted by Gasteiger charge is -2.07.